The van der Waals surface area contributed by atoms with Crippen LogP contribution in [0.25, 0.3) is 16.9 Å². The molecule has 7 nitrogen and oxygen atoms in total. The zero-order valence-corrected chi connectivity index (χ0v) is 22.8. The fourth-order valence-electron chi connectivity index (χ4n) is 4.48. The number of hydrogen-bond donors (Lipinski definition) is 1. The second-order valence-corrected chi connectivity index (χ2v) is 11.1. The van der Waals surface area contributed by atoms with Crippen molar-refractivity contribution in [3.05, 3.63) is 68.3 Å². The second-order valence-electron chi connectivity index (χ2n) is 9.06. The molecule has 3 heterocycles. The van der Waals surface area contributed by atoms with Gasteiger partial charge in [0.15, 0.2) is 17.0 Å². The molecule has 1 N–H and O–H groups in total. The largest absolute Gasteiger partial charge is 0.462 e. The number of rotatable bonds is 5. The number of aromatic nitrogens is 3. The van der Waals surface area contributed by atoms with Gasteiger partial charge in [-0.3, -0.25) is 4.79 Å². The van der Waals surface area contributed by atoms with Gasteiger partial charge in [0.05, 0.1) is 17.9 Å². The summed E-state index contributed by atoms with van der Waals surface area (Å²) in [5.74, 6) is -0.846. The maximum atomic E-state index is 14.0. The number of esters is 1. The van der Waals surface area contributed by atoms with Crippen molar-refractivity contribution >= 4 is 49.8 Å². The molecule has 1 aromatic carbocycles. The minimum Gasteiger partial charge on any atom is -0.462 e. The molecule has 0 saturated carbocycles. The van der Waals surface area contributed by atoms with Crippen LogP contribution in [0.15, 0.2) is 40.9 Å². The number of nitrogens with zero attached hydrogens (tertiary/aromatic N) is 3. The van der Waals surface area contributed by atoms with E-state index in [0.717, 1.165) is 33.8 Å². The van der Waals surface area contributed by atoms with E-state index in [4.69, 9.17) is 4.74 Å². The van der Waals surface area contributed by atoms with E-state index >= 15 is 0 Å². The fourth-order valence-corrected chi connectivity index (χ4v) is 6.14. The molecule has 198 valence electrons. The Hall–Kier alpha value is -3.25. The molecule has 0 bridgehead atoms. The number of thiophene rings is 1. The van der Waals surface area contributed by atoms with Crippen molar-refractivity contribution < 1.29 is 27.5 Å². The zero-order chi connectivity index (χ0) is 27.2. The van der Waals surface area contributed by atoms with Crippen molar-refractivity contribution in [2.45, 2.75) is 39.3 Å². The lowest BCUT2D eigenvalue weighted by molar-refractivity contribution is -0.142. The third-order valence-electron chi connectivity index (χ3n) is 6.31. The normalized spacial score (nSPS) is 15.4. The van der Waals surface area contributed by atoms with Gasteiger partial charge < -0.3 is 10.1 Å². The Morgan fingerprint density at radius 2 is 1.97 bits per heavy atom. The number of halogens is 4. The molecule has 0 spiro atoms. The smallest absolute Gasteiger partial charge is 0.433 e. The van der Waals surface area contributed by atoms with E-state index in [1.54, 1.807) is 31.2 Å². The van der Waals surface area contributed by atoms with Crippen LogP contribution in [0.4, 0.5) is 18.2 Å². The van der Waals surface area contributed by atoms with Gasteiger partial charge >= 0.3 is 12.1 Å². The summed E-state index contributed by atoms with van der Waals surface area (Å²) in [7, 11) is 0. The summed E-state index contributed by atoms with van der Waals surface area (Å²) >= 11 is 4.60. The predicted molar refractivity (Wildman–Crippen MR) is 141 cm³/mol. The molecule has 5 rings (SSSR count). The number of benzene rings is 1. The van der Waals surface area contributed by atoms with E-state index in [1.807, 2.05) is 0 Å². The molecule has 1 atom stereocenters. The van der Waals surface area contributed by atoms with Gasteiger partial charge in [-0.05, 0) is 55.9 Å². The topological polar surface area (TPSA) is 85.6 Å². The molecule has 4 aromatic rings. The predicted octanol–water partition coefficient (Wildman–Crippen LogP) is 6.79. The highest BCUT2D eigenvalue weighted by Gasteiger charge is 2.36. The molecular formula is C26H22BrF3N4O3S. The lowest BCUT2D eigenvalue weighted by Crippen LogP contribution is -2.17. The highest BCUT2D eigenvalue weighted by Crippen LogP contribution is 2.40. The molecule has 38 heavy (non-hydrogen) atoms. The molecule has 1 aliphatic rings. The number of carbonyl (C=O) groups excluding carboxylic acids is 2. The van der Waals surface area contributed by atoms with Crippen LogP contribution in [-0.2, 0) is 23.8 Å². The van der Waals surface area contributed by atoms with E-state index in [1.165, 1.54) is 17.4 Å². The van der Waals surface area contributed by atoms with Crippen LogP contribution < -0.4 is 5.32 Å². The molecule has 1 aliphatic carbocycles. The Labute approximate surface area is 228 Å². The Balaban J connectivity index is 1.54. The zero-order valence-electron chi connectivity index (χ0n) is 20.4. The number of anilines is 1. The summed E-state index contributed by atoms with van der Waals surface area (Å²) < 4.78 is 48.5. The van der Waals surface area contributed by atoms with E-state index < -0.39 is 23.7 Å². The minimum atomic E-state index is -4.74. The Bertz CT molecular complexity index is 1550. The number of amides is 1. The molecule has 1 unspecified atom stereocenters. The molecule has 0 radical (unpaired) electrons. The average molecular weight is 607 g/mol. The highest BCUT2D eigenvalue weighted by atomic mass is 79.9. The monoisotopic (exact) mass is 606 g/mol. The van der Waals surface area contributed by atoms with Gasteiger partial charge in [-0.1, -0.05) is 35.0 Å². The van der Waals surface area contributed by atoms with Gasteiger partial charge in [-0.25, -0.2) is 14.3 Å². The second kappa shape index (κ2) is 10.1. The van der Waals surface area contributed by atoms with Crippen LogP contribution in [0, 0.1) is 5.92 Å². The standard InChI is InChI=1S/C26H22BrF3N4O3S/c1-3-37-25(36)22-16-9-4-13(2)10-19(16)38-24(22)32-23(35)18-12-21-31-17(14-5-7-15(27)8-6-14)11-20(26(28,29)30)34(21)33-18/h5-8,11-13H,3-4,9-10H2,1-2H3,(H,32,35). The van der Waals surface area contributed by atoms with Crippen LogP contribution in [0.1, 0.15) is 57.2 Å². The number of carbonyl (C=O) groups is 2. The molecule has 0 saturated heterocycles. The maximum absolute atomic E-state index is 14.0. The number of alkyl halides is 3. The van der Waals surface area contributed by atoms with Crippen molar-refractivity contribution in [3.8, 4) is 11.3 Å². The first kappa shape index (κ1) is 26.4. The first-order valence-electron chi connectivity index (χ1n) is 11.9. The lowest BCUT2D eigenvalue weighted by atomic mass is 9.88. The maximum Gasteiger partial charge on any atom is 0.433 e. The van der Waals surface area contributed by atoms with Crippen LogP contribution in [0.2, 0.25) is 0 Å². The van der Waals surface area contributed by atoms with Crippen LogP contribution in [0.5, 0.6) is 0 Å². The molecular weight excluding hydrogens is 585 g/mol. The molecule has 12 heteroatoms. The number of nitrogens with one attached hydrogen (secondary N) is 1. The fraction of sp³-hybridized carbons (Fsp3) is 0.308. The van der Waals surface area contributed by atoms with Crippen molar-refractivity contribution in [2.75, 3.05) is 11.9 Å². The third kappa shape index (κ3) is 5.06. The average Bonchev–Trinajstić information content (AvgIpc) is 3.44. The summed E-state index contributed by atoms with van der Waals surface area (Å²) in [5, 5.41) is 6.94. The van der Waals surface area contributed by atoms with E-state index in [9.17, 15) is 22.8 Å². The van der Waals surface area contributed by atoms with E-state index in [2.05, 4.69) is 38.3 Å². The number of hydrogen-bond acceptors (Lipinski definition) is 6. The van der Waals surface area contributed by atoms with Crippen molar-refractivity contribution in [1.82, 2.24) is 14.6 Å². The first-order valence-corrected chi connectivity index (χ1v) is 13.5. The minimum absolute atomic E-state index is 0.0915. The Morgan fingerprint density at radius 1 is 1.24 bits per heavy atom. The van der Waals surface area contributed by atoms with Gasteiger partial charge in [0.25, 0.3) is 5.91 Å². The van der Waals surface area contributed by atoms with Gasteiger partial charge in [-0.2, -0.15) is 18.3 Å². The van der Waals surface area contributed by atoms with Crippen molar-refractivity contribution in [2.24, 2.45) is 5.92 Å². The lowest BCUT2D eigenvalue weighted by Gasteiger charge is -2.18. The van der Waals surface area contributed by atoms with Crippen molar-refractivity contribution in [1.29, 1.82) is 0 Å². The summed E-state index contributed by atoms with van der Waals surface area (Å²) in [6.07, 6.45) is -2.38. The number of ether oxygens (including phenoxy) is 1. The van der Waals surface area contributed by atoms with Gasteiger partial charge in [0.1, 0.15) is 5.00 Å². The van der Waals surface area contributed by atoms with E-state index in [0.29, 0.717) is 33.0 Å². The Morgan fingerprint density at radius 3 is 2.66 bits per heavy atom. The summed E-state index contributed by atoms with van der Waals surface area (Å²) in [6.45, 7) is 3.99. The van der Waals surface area contributed by atoms with Crippen LogP contribution in [-0.4, -0.2) is 33.1 Å². The highest BCUT2D eigenvalue weighted by molar-refractivity contribution is 9.10. The summed E-state index contributed by atoms with van der Waals surface area (Å²) in [4.78, 5) is 31.3. The van der Waals surface area contributed by atoms with Crippen molar-refractivity contribution in [3.63, 3.8) is 0 Å². The SMILES string of the molecule is CCOC(=O)c1c(NC(=O)c2cc3nc(-c4ccc(Br)cc4)cc(C(F)(F)F)n3n2)sc2c1CCC(C)C2. The first-order chi connectivity index (χ1) is 18.0. The van der Waals surface area contributed by atoms with Gasteiger partial charge in [0, 0.05) is 21.0 Å². The molecule has 3 aromatic heterocycles. The third-order valence-corrected chi connectivity index (χ3v) is 8.01. The van der Waals surface area contributed by atoms with Crippen LogP contribution in [0.3, 0.4) is 0 Å². The van der Waals surface area contributed by atoms with E-state index in [-0.39, 0.29) is 23.6 Å². The van der Waals surface area contributed by atoms with Crippen LogP contribution >= 0.6 is 27.3 Å². The van der Waals surface area contributed by atoms with Gasteiger partial charge in [-0.15, -0.1) is 11.3 Å². The molecule has 0 fully saturated rings. The Kier molecular flexibility index (Phi) is 7.03. The quantitative estimate of drug-likeness (QED) is 0.253. The molecule has 1 amide bonds. The number of fused-ring (bicyclic) bond motifs is 2. The van der Waals surface area contributed by atoms with Gasteiger partial charge in [0.2, 0.25) is 0 Å². The summed E-state index contributed by atoms with van der Waals surface area (Å²) in [5.41, 5.74) is 0.282. The molecule has 0 aliphatic heterocycles. The summed E-state index contributed by atoms with van der Waals surface area (Å²) in [6, 6.07) is 8.79.